The van der Waals surface area contributed by atoms with Gasteiger partial charge < -0.3 is 5.73 Å². The van der Waals surface area contributed by atoms with E-state index < -0.39 is 0 Å². The van der Waals surface area contributed by atoms with Gasteiger partial charge >= 0.3 is 0 Å². The van der Waals surface area contributed by atoms with Crippen LogP contribution in [-0.2, 0) is 5.75 Å². The molecule has 0 fully saturated rings. The van der Waals surface area contributed by atoms with Gasteiger partial charge in [-0.2, -0.15) is 0 Å². The monoisotopic (exact) mass is 286 g/mol. The molecule has 2 rings (SSSR count). The number of thioether (sulfide) groups is 1. The van der Waals surface area contributed by atoms with Crippen LogP contribution in [0, 0.1) is 6.92 Å². The minimum absolute atomic E-state index is 0.173. The predicted octanol–water partition coefficient (Wildman–Crippen LogP) is 4.10. The molecule has 1 aromatic carbocycles. The zero-order valence-electron chi connectivity index (χ0n) is 12.1. The molecule has 0 radical (unpaired) electrons. The van der Waals surface area contributed by atoms with Crippen LogP contribution in [0.25, 0.3) is 0 Å². The molecule has 2 atom stereocenters. The lowest BCUT2D eigenvalue weighted by Crippen LogP contribution is -2.25. The number of hydrogen-bond donors (Lipinski definition) is 1. The zero-order chi connectivity index (χ0) is 14.4. The van der Waals surface area contributed by atoms with Gasteiger partial charge in [0.2, 0.25) is 0 Å². The molecule has 1 heterocycles. The summed E-state index contributed by atoms with van der Waals surface area (Å²) in [4.78, 5) is 4.09. The fourth-order valence-electron chi connectivity index (χ4n) is 2.22. The highest BCUT2D eigenvalue weighted by Gasteiger charge is 2.18. The second-order valence-electron chi connectivity index (χ2n) is 5.07. The third-order valence-electron chi connectivity index (χ3n) is 3.41. The molecule has 0 saturated carbocycles. The molecule has 2 nitrogen and oxygen atoms in total. The summed E-state index contributed by atoms with van der Waals surface area (Å²) in [5.74, 6) is 0.988. The Morgan fingerprint density at radius 1 is 1.20 bits per heavy atom. The van der Waals surface area contributed by atoms with E-state index in [1.54, 1.807) is 0 Å². The first-order valence-electron chi connectivity index (χ1n) is 7.03. The van der Waals surface area contributed by atoms with Crippen molar-refractivity contribution in [2.24, 2.45) is 5.73 Å². The molecule has 0 aliphatic rings. The molecular formula is C17H22N2S. The number of benzene rings is 1. The fraction of sp³-hybridized carbons (Fsp3) is 0.353. The Labute approximate surface area is 125 Å². The Balaban J connectivity index is 2.09. The molecule has 2 aromatic rings. The lowest BCUT2D eigenvalue weighted by Gasteiger charge is -2.23. The molecule has 2 N–H and O–H groups in total. The highest BCUT2D eigenvalue weighted by Crippen LogP contribution is 2.34. The Hall–Kier alpha value is -1.32. The number of nitrogens with two attached hydrogens (primary N) is 1. The van der Waals surface area contributed by atoms with Crippen LogP contribution < -0.4 is 5.73 Å². The number of nitrogens with zero attached hydrogens (tertiary/aromatic N) is 1. The number of aryl methyl sites for hydroxylation is 1. The number of pyridine rings is 1. The quantitative estimate of drug-likeness (QED) is 0.869. The lowest BCUT2D eigenvalue weighted by molar-refractivity contribution is 0.633. The van der Waals surface area contributed by atoms with Gasteiger partial charge in [0, 0.05) is 29.4 Å². The molecule has 2 unspecified atom stereocenters. The second kappa shape index (κ2) is 7.46. The van der Waals surface area contributed by atoms with Gasteiger partial charge in [-0.3, -0.25) is 4.98 Å². The van der Waals surface area contributed by atoms with Crippen LogP contribution in [0.1, 0.15) is 35.3 Å². The topological polar surface area (TPSA) is 38.9 Å². The highest BCUT2D eigenvalue weighted by molar-refractivity contribution is 7.98. The third kappa shape index (κ3) is 4.09. The van der Waals surface area contributed by atoms with Crippen molar-refractivity contribution in [2.75, 3.05) is 0 Å². The van der Waals surface area contributed by atoms with E-state index in [2.05, 4.69) is 55.2 Å². The summed E-state index contributed by atoms with van der Waals surface area (Å²) in [7, 11) is 0. The second-order valence-corrected chi connectivity index (χ2v) is 6.20. The molecule has 1 aromatic heterocycles. The molecule has 0 spiro atoms. The molecule has 0 amide bonds. The Morgan fingerprint density at radius 3 is 2.60 bits per heavy atom. The van der Waals surface area contributed by atoms with Crippen LogP contribution in [-0.4, -0.2) is 11.0 Å². The van der Waals surface area contributed by atoms with Gasteiger partial charge in [0.05, 0.1) is 0 Å². The van der Waals surface area contributed by atoms with Crippen molar-refractivity contribution in [1.29, 1.82) is 0 Å². The Kier molecular flexibility index (Phi) is 5.62. The summed E-state index contributed by atoms with van der Waals surface area (Å²) in [5.41, 5.74) is 10.2. The summed E-state index contributed by atoms with van der Waals surface area (Å²) in [5, 5.41) is 0.323. The van der Waals surface area contributed by atoms with Crippen LogP contribution in [0.15, 0.2) is 48.8 Å². The van der Waals surface area contributed by atoms with Crippen LogP contribution in [0.5, 0.6) is 0 Å². The minimum Gasteiger partial charge on any atom is -0.326 e. The van der Waals surface area contributed by atoms with Crippen LogP contribution >= 0.6 is 11.8 Å². The molecule has 106 valence electrons. The first-order valence-corrected chi connectivity index (χ1v) is 8.08. The summed E-state index contributed by atoms with van der Waals surface area (Å²) in [6.45, 7) is 4.28. The maximum absolute atomic E-state index is 6.30. The van der Waals surface area contributed by atoms with E-state index in [0.29, 0.717) is 5.25 Å². The van der Waals surface area contributed by atoms with Crippen LogP contribution in [0.4, 0.5) is 0 Å². The summed E-state index contributed by atoms with van der Waals surface area (Å²) in [6, 6.07) is 13.0. The van der Waals surface area contributed by atoms with Crippen LogP contribution in [0.3, 0.4) is 0 Å². The van der Waals surface area contributed by atoms with Crippen molar-refractivity contribution in [1.82, 2.24) is 4.98 Å². The van der Waals surface area contributed by atoms with Gasteiger partial charge in [-0.05, 0) is 36.6 Å². The molecule has 0 aliphatic carbocycles. The highest BCUT2D eigenvalue weighted by atomic mass is 32.2. The van der Waals surface area contributed by atoms with E-state index in [1.165, 1.54) is 16.7 Å². The van der Waals surface area contributed by atoms with Crippen molar-refractivity contribution in [3.05, 3.63) is 65.5 Å². The standard InChI is InChI=1S/C17H22N2S/c1-3-16(18)17(15-7-9-19-10-8-15)20-12-14-6-4-5-13(2)11-14/h4-11,16-17H,3,12,18H2,1-2H3. The van der Waals surface area contributed by atoms with Crippen molar-refractivity contribution in [2.45, 2.75) is 37.3 Å². The molecule has 0 aliphatic heterocycles. The SMILES string of the molecule is CCC(N)C(SCc1cccc(C)c1)c1ccncc1. The third-order valence-corrected chi connectivity index (χ3v) is 4.89. The van der Waals surface area contributed by atoms with Gasteiger partial charge in [0.25, 0.3) is 0 Å². The predicted molar refractivity (Wildman–Crippen MR) is 87.7 cm³/mol. The average Bonchev–Trinajstić information content (AvgIpc) is 2.48. The number of aromatic nitrogens is 1. The normalized spacial score (nSPS) is 13.9. The van der Waals surface area contributed by atoms with Crippen LogP contribution in [0.2, 0.25) is 0 Å². The van der Waals surface area contributed by atoms with Gasteiger partial charge in [0.15, 0.2) is 0 Å². The van der Waals surface area contributed by atoms with Gasteiger partial charge in [-0.1, -0.05) is 36.8 Å². The van der Waals surface area contributed by atoms with Gasteiger partial charge in [0.1, 0.15) is 0 Å². The van der Waals surface area contributed by atoms with E-state index in [-0.39, 0.29) is 6.04 Å². The fourth-order valence-corrected chi connectivity index (χ4v) is 3.56. The molecule has 20 heavy (non-hydrogen) atoms. The molecule has 3 heteroatoms. The molecule has 0 bridgehead atoms. The largest absolute Gasteiger partial charge is 0.326 e. The van der Waals surface area contributed by atoms with E-state index in [1.807, 2.05) is 24.2 Å². The van der Waals surface area contributed by atoms with Crippen molar-refractivity contribution < 1.29 is 0 Å². The van der Waals surface area contributed by atoms with E-state index in [9.17, 15) is 0 Å². The maximum Gasteiger partial charge on any atom is 0.0452 e. The average molecular weight is 286 g/mol. The summed E-state index contributed by atoms with van der Waals surface area (Å²) < 4.78 is 0. The smallest absolute Gasteiger partial charge is 0.0452 e. The van der Waals surface area contributed by atoms with Crippen molar-refractivity contribution in [3.63, 3.8) is 0 Å². The first kappa shape index (κ1) is 15.1. The van der Waals surface area contributed by atoms with Crippen molar-refractivity contribution in [3.8, 4) is 0 Å². The first-order chi connectivity index (χ1) is 9.70. The summed E-state index contributed by atoms with van der Waals surface area (Å²) >= 11 is 1.92. The Bertz CT molecular complexity index is 528. The minimum atomic E-state index is 0.173. The zero-order valence-corrected chi connectivity index (χ0v) is 12.9. The number of hydrogen-bond acceptors (Lipinski definition) is 3. The van der Waals surface area contributed by atoms with E-state index in [4.69, 9.17) is 5.73 Å². The molecular weight excluding hydrogens is 264 g/mol. The van der Waals surface area contributed by atoms with Crippen molar-refractivity contribution >= 4 is 11.8 Å². The number of rotatable bonds is 6. The maximum atomic E-state index is 6.30. The van der Waals surface area contributed by atoms with Gasteiger partial charge in [-0.25, -0.2) is 0 Å². The van der Waals surface area contributed by atoms with E-state index in [0.717, 1.165) is 12.2 Å². The Morgan fingerprint density at radius 2 is 1.95 bits per heavy atom. The lowest BCUT2D eigenvalue weighted by atomic mass is 10.1. The molecule has 0 saturated heterocycles. The summed E-state index contributed by atoms with van der Waals surface area (Å²) in [6.07, 6.45) is 4.67. The van der Waals surface area contributed by atoms with Gasteiger partial charge in [-0.15, -0.1) is 11.8 Å². The van der Waals surface area contributed by atoms with E-state index >= 15 is 0 Å².